The molecule has 106 valence electrons. The van der Waals surface area contributed by atoms with Crippen LogP contribution < -0.4 is 10.0 Å². The molecule has 0 heterocycles. The summed E-state index contributed by atoms with van der Waals surface area (Å²) in [7, 11) is -3.50. The Labute approximate surface area is 122 Å². The minimum absolute atomic E-state index is 0.0107. The van der Waals surface area contributed by atoms with Crippen LogP contribution >= 0.6 is 15.9 Å². The van der Waals surface area contributed by atoms with Gasteiger partial charge in [-0.1, -0.05) is 28.1 Å². The van der Waals surface area contributed by atoms with Crippen LogP contribution in [0.3, 0.4) is 0 Å². The fourth-order valence-electron chi connectivity index (χ4n) is 1.40. The van der Waals surface area contributed by atoms with Gasteiger partial charge in [-0.15, -0.1) is 0 Å². The first-order valence-corrected chi connectivity index (χ1v) is 8.24. The van der Waals surface area contributed by atoms with Crippen molar-refractivity contribution in [2.45, 2.75) is 25.6 Å². The lowest BCUT2D eigenvalue weighted by molar-refractivity contribution is -0.120. The molecule has 0 atom stereocenters. The Morgan fingerprint density at radius 2 is 1.84 bits per heavy atom. The summed E-state index contributed by atoms with van der Waals surface area (Å²) in [5.74, 6) is -0.482. The van der Waals surface area contributed by atoms with Gasteiger partial charge in [0.05, 0.1) is 12.3 Å². The molecule has 0 unspecified atom stereocenters. The summed E-state index contributed by atoms with van der Waals surface area (Å²) in [6.45, 7) is 3.39. The SMILES string of the molecule is CC(C)NC(=O)CNS(=O)(=O)Cc1ccc(Br)cc1. The minimum atomic E-state index is -3.50. The van der Waals surface area contributed by atoms with Crippen molar-refractivity contribution in [3.8, 4) is 0 Å². The number of benzene rings is 1. The summed E-state index contributed by atoms with van der Waals surface area (Å²) in [4.78, 5) is 11.4. The number of sulfonamides is 1. The maximum absolute atomic E-state index is 11.8. The van der Waals surface area contributed by atoms with E-state index in [1.807, 2.05) is 13.8 Å². The minimum Gasteiger partial charge on any atom is -0.353 e. The van der Waals surface area contributed by atoms with E-state index in [1.54, 1.807) is 24.3 Å². The third-order valence-corrected chi connectivity index (χ3v) is 4.00. The average molecular weight is 349 g/mol. The van der Waals surface area contributed by atoms with Gasteiger partial charge in [0.2, 0.25) is 15.9 Å². The van der Waals surface area contributed by atoms with Gasteiger partial charge in [0.15, 0.2) is 0 Å². The topological polar surface area (TPSA) is 75.3 Å². The van der Waals surface area contributed by atoms with E-state index in [0.29, 0.717) is 5.56 Å². The molecule has 0 aliphatic rings. The van der Waals surface area contributed by atoms with E-state index in [9.17, 15) is 13.2 Å². The number of carbonyl (C=O) groups is 1. The fourth-order valence-corrected chi connectivity index (χ4v) is 2.75. The van der Waals surface area contributed by atoms with Gasteiger partial charge in [-0.3, -0.25) is 4.79 Å². The average Bonchev–Trinajstić information content (AvgIpc) is 2.29. The third-order valence-electron chi connectivity index (χ3n) is 2.17. The highest BCUT2D eigenvalue weighted by atomic mass is 79.9. The molecule has 0 radical (unpaired) electrons. The number of rotatable bonds is 6. The highest BCUT2D eigenvalue weighted by Crippen LogP contribution is 2.12. The zero-order valence-electron chi connectivity index (χ0n) is 10.8. The molecule has 0 aliphatic heterocycles. The molecule has 19 heavy (non-hydrogen) atoms. The summed E-state index contributed by atoms with van der Waals surface area (Å²) in [6, 6.07) is 6.98. The molecule has 0 saturated heterocycles. The van der Waals surface area contributed by atoms with E-state index in [4.69, 9.17) is 0 Å². The standard InChI is InChI=1S/C12H17BrN2O3S/c1-9(2)15-12(16)7-14-19(17,18)8-10-3-5-11(13)6-4-10/h3-6,9,14H,7-8H2,1-2H3,(H,15,16). The van der Waals surface area contributed by atoms with E-state index < -0.39 is 10.0 Å². The summed E-state index contributed by atoms with van der Waals surface area (Å²) in [5.41, 5.74) is 0.667. The molecule has 5 nitrogen and oxygen atoms in total. The first kappa shape index (κ1) is 16.1. The Kier molecular flexibility index (Phi) is 5.96. The Bertz CT molecular complexity index is 526. The number of halogens is 1. The van der Waals surface area contributed by atoms with Crippen molar-refractivity contribution in [3.63, 3.8) is 0 Å². The molecule has 0 spiro atoms. The molecule has 0 fully saturated rings. The van der Waals surface area contributed by atoms with Crippen LogP contribution in [0.2, 0.25) is 0 Å². The normalized spacial score (nSPS) is 11.6. The van der Waals surface area contributed by atoms with Crippen LogP contribution in [-0.4, -0.2) is 26.9 Å². The van der Waals surface area contributed by atoms with Crippen LogP contribution in [0, 0.1) is 0 Å². The van der Waals surface area contributed by atoms with Crippen LogP contribution in [0.15, 0.2) is 28.7 Å². The van der Waals surface area contributed by atoms with Gasteiger partial charge in [-0.25, -0.2) is 13.1 Å². The molecule has 1 amide bonds. The van der Waals surface area contributed by atoms with E-state index in [1.165, 1.54) is 0 Å². The molecule has 1 aromatic rings. The summed E-state index contributed by atoms with van der Waals surface area (Å²) >= 11 is 3.28. The molecule has 1 rings (SSSR count). The predicted molar refractivity (Wildman–Crippen MR) is 78.0 cm³/mol. The maximum Gasteiger partial charge on any atom is 0.235 e. The Hall–Kier alpha value is -0.920. The fraction of sp³-hybridized carbons (Fsp3) is 0.417. The van der Waals surface area contributed by atoms with Crippen LogP contribution in [0.25, 0.3) is 0 Å². The monoisotopic (exact) mass is 348 g/mol. The first-order valence-electron chi connectivity index (χ1n) is 5.79. The van der Waals surface area contributed by atoms with Crippen molar-refractivity contribution in [2.24, 2.45) is 0 Å². The van der Waals surface area contributed by atoms with Crippen molar-refractivity contribution >= 4 is 31.9 Å². The molecule has 0 saturated carbocycles. The molecule has 1 aromatic carbocycles. The number of hydrogen-bond donors (Lipinski definition) is 2. The zero-order valence-corrected chi connectivity index (χ0v) is 13.2. The lowest BCUT2D eigenvalue weighted by atomic mass is 10.2. The van der Waals surface area contributed by atoms with Gasteiger partial charge in [0.1, 0.15) is 0 Å². The molecule has 7 heteroatoms. The highest BCUT2D eigenvalue weighted by molar-refractivity contribution is 9.10. The van der Waals surface area contributed by atoms with Crippen molar-refractivity contribution < 1.29 is 13.2 Å². The van der Waals surface area contributed by atoms with Crippen LogP contribution in [0.5, 0.6) is 0 Å². The number of nitrogens with one attached hydrogen (secondary N) is 2. The van der Waals surface area contributed by atoms with E-state index in [0.717, 1.165) is 4.47 Å². The van der Waals surface area contributed by atoms with Gasteiger partial charge in [-0.05, 0) is 31.5 Å². The largest absolute Gasteiger partial charge is 0.353 e. The predicted octanol–water partition coefficient (Wildman–Crippen LogP) is 1.39. The van der Waals surface area contributed by atoms with Crippen LogP contribution in [0.1, 0.15) is 19.4 Å². The Morgan fingerprint density at radius 1 is 1.26 bits per heavy atom. The number of amides is 1. The second-order valence-corrected chi connectivity index (χ2v) is 7.15. The summed E-state index contributed by atoms with van der Waals surface area (Å²) < 4.78 is 26.7. The highest BCUT2D eigenvalue weighted by Gasteiger charge is 2.13. The van der Waals surface area contributed by atoms with Crippen LogP contribution in [-0.2, 0) is 20.6 Å². The lowest BCUT2D eigenvalue weighted by Gasteiger charge is -2.10. The van der Waals surface area contributed by atoms with E-state index in [2.05, 4.69) is 26.0 Å². The lowest BCUT2D eigenvalue weighted by Crippen LogP contribution is -2.40. The quantitative estimate of drug-likeness (QED) is 0.815. The molecular formula is C12H17BrN2O3S. The Balaban J connectivity index is 2.52. The van der Waals surface area contributed by atoms with Crippen molar-refractivity contribution in [2.75, 3.05) is 6.54 Å². The molecule has 0 aromatic heterocycles. The second kappa shape index (κ2) is 7.02. The van der Waals surface area contributed by atoms with Gasteiger partial charge >= 0.3 is 0 Å². The molecule has 2 N–H and O–H groups in total. The van der Waals surface area contributed by atoms with Gasteiger partial charge in [-0.2, -0.15) is 0 Å². The molecule has 0 bridgehead atoms. The van der Waals surface area contributed by atoms with E-state index >= 15 is 0 Å². The van der Waals surface area contributed by atoms with Gasteiger partial charge < -0.3 is 5.32 Å². The maximum atomic E-state index is 11.8. The first-order chi connectivity index (χ1) is 8.78. The number of carbonyl (C=O) groups excluding carboxylic acids is 1. The number of hydrogen-bond acceptors (Lipinski definition) is 3. The van der Waals surface area contributed by atoms with Crippen molar-refractivity contribution in [3.05, 3.63) is 34.3 Å². The van der Waals surface area contributed by atoms with Crippen LogP contribution in [0.4, 0.5) is 0 Å². The van der Waals surface area contributed by atoms with Gasteiger partial charge in [0, 0.05) is 10.5 Å². The summed E-state index contributed by atoms with van der Waals surface area (Å²) in [5, 5.41) is 2.61. The molecular weight excluding hydrogens is 332 g/mol. The smallest absolute Gasteiger partial charge is 0.235 e. The zero-order chi connectivity index (χ0) is 14.5. The Morgan fingerprint density at radius 3 is 2.37 bits per heavy atom. The second-order valence-electron chi connectivity index (χ2n) is 4.43. The van der Waals surface area contributed by atoms with E-state index in [-0.39, 0.29) is 24.2 Å². The van der Waals surface area contributed by atoms with Gasteiger partial charge in [0.25, 0.3) is 0 Å². The van der Waals surface area contributed by atoms with Crippen molar-refractivity contribution in [1.82, 2.24) is 10.0 Å². The molecule has 0 aliphatic carbocycles. The summed E-state index contributed by atoms with van der Waals surface area (Å²) in [6.07, 6.45) is 0. The third kappa shape index (κ3) is 6.70. The van der Waals surface area contributed by atoms with Crippen molar-refractivity contribution in [1.29, 1.82) is 0 Å².